The summed E-state index contributed by atoms with van der Waals surface area (Å²) in [6, 6.07) is 18.8. The van der Waals surface area contributed by atoms with Gasteiger partial charge in [-0.25, -0.2) is 0 Å². The summed E-state index contributed by atoms with van der Waals surface area (Å²) in [7, 11) is -0.718. The summed E-state index contributed by atoms with van der Waals surface area (Å²) in [5, 5.41) is 9.81. The molecule has 0 fully saturated rings. The number of nitrogens with zero attached hydrogens (tertiary/aromatic N) is 3. The van der Waals surface area contributed by atoms with Gasteiger partial charge in [0.1, 0.15) is 16.2 Å². The molecule has 27 heavy (non-hydrogen) atoms. The van der Waals surface area contributed by atoms with Crippen LogP contribution in [0.3, 0.4) is 0 Å². The van der Waals surface area contributed by atoms with Gasteiger partial charge in [0.25, 0.3) is 5.91 Å². The Bertz CT molecular complexity index is 1060. The molecule has 0 aliphatic carbocycles. The van der Waals surface area contributed by atoms with Crippen LogP contribution in [0.15, 0.2) is 70.6 Å². The molecule has 1 unspecified atom stereocenters. The quantitative estimate of drug-likeness (QED) is 0.511. The number of carbonyl (C=O) groups excluding carboxylic acids is 1. The molecule has 0 spiro atoms. The molecule has 2 aromatic heterocycles. The topological polar surface area (TPSA) is 80.9 Å². The standard InChI is InChI=1S/C20H16N4O2S/c1-2-17-22-20(26-24-17)27-13-16(14-9-5-3-6-10-14)21-19(27)23-18(25)15-11-7-4-8-12-15/h3-13H,2H2,1H3/p+1. The van der Waals surface area contributed by atoms with Gasteiger partial charge in [0.05, 0.1) is 0 Å². The number of benzene rings is 2. The summed E-state index contributed by atoms with van der Waals surface area (Å²) in [5.74, 6) is 0.414. The summed E-state index contributed by atoms with van der Waals surface area (Å²) in [5.41, 5.74) is 2.31. The Morgan fingerprint density at radius 3 is 2.41 bits per heavy atom. The number of carbonyl (C=O) groups is 1. The molecule has 4 rings (SSSR count). The van der Waals surface area contributed by atoms with Crippen LogP contribution in [0.25, 0.3) is 16.5 Å². The van der Waals surface area contributed by atoms with Gasteiger partial charge < -0.3 is 0 Å². The van der Waals surface area contributed by atoms with Crippen molar-refractivity contribution in [3.63, 3.8) is 0 Å². The zero-order chi connectivity index (χ0) is 18.6. The average Bonchev–Trinajstić information content (AvgIpc) is 3.36. The van der Waals surface area contributed by atoms with Crippen molar-refractivity contribution < 1.29 is 9.32 Å². The van der Waals surface area contributed by atoms with Crippen LogP contribution in [-0.2, 0) is 6.42 Å². The number of hydrogen-bond acceptors (Lipinski definition) is 5. The molecule has 134 valence electrons. The van der Waals surface area contributed by atoms with Gasteiger partial charge in [-0.15, -0.1) is 4.98 Å². The van der Waals surface area contributed by atoms with Crippen molar-refractivity contribution in [3.8, 4) is 16.5 Å². The van der Waals surface area contributed by atoms with Gasteiger partial charge in [-0.2, -0.15) is 4.98 Å². The van der Waals surface area contributed by atoms with E-state index < -0.39 is 10.5 Å². The first kappa shape index (κ1) is 17.1. The number of anilines is 1. The number of aryl methyl sites for hydroxylation is 1. The lowest BCUT2D eigenvalue weighted by atomic mass is 10.2. The van der Waals surface area contributed by atoms with E-state index in [-0.39, 0.29) is 5.91 Å². The Balaban J connectivity index is 1.74. The third kappa shape index (κ3) is 3.63. The molecular formula is C20H17N4O2S+. The van der Waals surface area contributed by atoms with Crippen molar-refractivity contribution >= 4 is 21.5 Å². The third-order valence-electron chi connectivity index (χ3n) is 3.94. The fraction of sp³-hybridized carbons (Fsp3) is 0.100. The van der Waals surface area contributed by atoms with E-state index in [9.17, 15) is 4.79 Å². The van der Waals surface area contributed by atoms with E-state index in [1.165, 1.54) is 0 Å². The minimum Gasteiger partial charge on any atom is -0.284 e. The van der Waals surface area contributed by atoms with Crippen LogP contribution in [0.1, 0.15) is 23.1 Å². The van der Waals surface area contributed by atoms with E-state index in [4.69, 9.17) is 4.52 Å². The van der Waals surface area contributed by atoms with E-state index in [1.807, 2.05) is 60.8 Å². The first-order valence-electron chi connectivity index (χ1n) is 8.52. The number of aromatic nitrogens is 3. The molecule has 0 saturated carbocycles. The average molecular weight is 377 g/mol. The SMILES string of the molecule is CCc1noc(-[s+]2cc(-c3ccccc3)nc2NC(=O)c2ccccc2)n1. The molecule has 1 amide bonds. The minimum atomic E-state index is -0.718. The number of nitrogens with one attached hydrogen (secondary N) is 1. The molecule has 0 aliphatic rings. The van der Waals surface area contributed by atoms with Gasteiger partial charge in [-0.3, -0.25) is 14.6 Å². The molecule has 1 N–H and O–H groups in total. The second-order valence-electron chi connectivity index (χ2n) is 5.77. The molecule has 0 saturated heterocycles. The molecular weight excluding hydrogens is 360 g/mol. The Morgan fingerprint density at radius 1 is 1.04 bits per heavy atom. The Kier molecular flexibility index (Phi) is 4.76. The Hall–Kier alpha value is -3.32. The van der Waals surface area contributed by atoms with Crippen LogP contribution >= 0.6 is 10.5 Å². The molecule has 4 aromatic rings. The van der Waals surface area contributed by atoms with Gasteiger partial charge in [0.15, 0.2) is 11.2 Å². The van der Waals surface area contributed by atoms with Crippen LogP contribution in [0.5, 0.6) is 0 Å². The highest BCUT2D eigenvalue weighted by atomic mass is 32.2. The van der Waals surface area contributed by atoms with Gasteiger partial charge in [0.2, 0.25) is 0 Å². The Labute approximate surface area is 158 Å². The first-order chi connectivity index (χ1) is 13.2. The van der Waals surface area contributed by atoms with Crippen LogP contribution < -0.4 is 5.32 Å². The first-order valence-corrected chi connectivity index (χ1v) is 9.81. The van der Waals surface area contributed by atoms with E-state index in [0.717, 1.165) is 11.3 Å². The van der Waals surface area contributed by atoms with Crippen LogP contribution in [0.4, 0.5) is 5.13 Å². The fourth-order valence-electron chi connectivity index (χ4n) is 2.54. The second kappa shape index (κ2) is 7.51. The van der Waals surface area contributed by atoms with Crippen LogP contribution in [0.2, 0.25) is 0 Å². The van der Waals surface area contributed by atoms with E-state index in [0.29, 0.717) is 28.2 Å². The fourth-order valence-corrected chi connectivity index (χ4v) is 4.05. The van der Waals surface area contributed by atoms with Crippen molar-refractivity contribution in [3.05, 3.63) is 77.4 Å². The van der Waals surface area contributed by atoms with Gasteiger partial charge in [0, 0.05) is 17.5 Å². The molecule has 0 bridgehead atoms. The predicted octanol–water partition coefficient (Wildman–Crippen LogP) is 4.68. The molecule has 6 nitrogen and oxygen atoms in total. The Morgan fingerprint density at radius 2 is 1.74 bits per heavy atom. The van der Waals surface area contributed by atoms with E-state index in [2.05, 4.69) is 20.4 Å². The summed E-state index contributed by atoms with van der Waals surface area (Å²) < 4.78 is 5.42. The van der Waals surface area contributed by atoms with Gasteiger partial charge in [-0.05, 0) is 12.1 Å². The molecule has 2 heterocycles. The lowest BCUT2D eigenvalue weighted by Gasteiger charge is -1.98. The minimum absolute atomic E-state index is 0.218. The van der Waals surface area contributed by atoms with Gasteiger partial charge in [-0.1, -0.05) is 60.6 Å². The lowest BCUT2D eigenvalue weighted by molar-refractivity contribution is 0.102. The molecule has 0 radical (unpaired) electrons. The van der Waals surface area contributed by atoms with Crippen LogP contribution in [-0.4, -0.2) is 21.0 Å². The number of amides is 1. The summed E-state index contributed by atoms with van der Waals surface area (Å²) in [6.07, 6.45) is 0.679. The van der Waals surface area contributed by atoms with Crippen molar-refractivity contribution in [2.45, 2.75) is 13.3 Å². The normalized spacial score (nSPS) is 11.4. The largest absolute Gasteiger partial charge is 0.471 e. The van der Waals surface area contributed by atoms with Crippen molar-refractivity contribution in [2.75, 3.05) is 5.32 Å². The van der Waals surface area contributed by atoms with Crippen molar-refractivity contribution in [1.82, 2.24) is 15.1 Å². The highest BCUT2D eigenvalue weighted by Crippen LogP contribution is 2.41. The smallest absolute Gasteiger partial charge is 0.284 e. The highest BCUT2D eigenvalue weighted by Gasteiger charge is 2.30. The summed E-state index contributed by atoms with van der Waals surface area (Å²) >= 11 is 0. The predicted molar refractivity (Wildman–Crippen MR) is 105 cm³/mol. The van der Waals surface area contributed by atoms with Crippen LogP contribution in [0, 0.1) is 0 Å². The van der Waals surface area contributed by atoms with E-state index in [1.54, 1.807) is 12.1 Å². The number of thiazole rings is 1. The number of rotatable bonds is 5. The van der Waals surface area contributed by atoms with Gasteiger partial charge >= 0.3 is 10.4 Å². The maximum atomic E-state index is 12.6. The molecule has 1 atom stereocenters. The monoisotopic (exact) mass is 377 g/mol. The maximum Gasteiger partial charge on any atom is 0.471 e. The zero-order valence-electron chi connectivity index (χ0n) is 14.6. The third-order valence-corrected chi connectivity index (χ3v) is 5.55. The highest BCUT2D eigenvalue weighted by molar-refractivity contribution is 7.40. The van der Waals surface area contributed by atoms with Crippen molar-refractivity contribution in [1.29, 1.82) is 0 Å². The van der Waals surface area contributed by atoms with Crippen molar-refractivity contribution in [2.24, 2.45) is 0 Å². The molecule has 2 aromatic carbocycles. The zero-order valence-corrected chi connectivity index (χ0v) is 15.4. The number of hydrogen-bond donors (Lipinski definition) is 1. The lowest BCUT2D eigenvalue weighted by Crippen LogP contribution is -2.11. The summed E-state index contributed by atoms with van der Waals surface area (Å²) in [4.78, 5) is 21.7. The maximum absolute atomic E-state index is 12.6. The second-order valence-corrected chi connectivity index (χ2v) is 7.42. The summed E-state index contributed by atoms with van der Waals surface area (Å²) in [6.45, 7) is 1.96. The van der Waals surface area contributed by atoms with E-state index >= 15 is 0 Å². The molecule has 7 heteroatoms. The molecule has 0 aliphatic heterocycles.